The third kappa shape index (κ3) is 8.03. The van der Waals surface area contributed by atoms with E-state index >= 15 is 0 Å². The molecule has 2 aromatic rings. The van der Waals surface area contributed by atoms with E-state index < -0.39 is 0 Å². The molecule has 2 rings (SSSR count). The van der Waals surface area contributed by atoms with E-state index in [4.69, 9.17) is 5.26 Å². The summed E-state index contributed by atoms with van der Waals surface area (Å²) in [6.45, 7) is 4.16. The summed E-state index contributed by atoms with van der Waals surface area (Å²) in [6.07, 6.45) is 1.82. The number of rotatable bonds is 10. The van der Waals surface area contributed by atoms with Gasteiger partial charge in [-0.1, -0.05) is 24.3 Å². The van der Waals surface area contributed by atoms with Gasteiger partial charge in [0, 0.05) is 43.0 Å². The third-order valence-corrected chi connectivity index (χ3v) is 4.22. The fourth-order valence-electron chi connectivity index (χ4n) is 2.72. The second kappa shape index (κ2) is 12.4. The first-order valence-electron chi connectivity index (χ1n) is 9.81. The Morgan fingerprint density at radius 3 is 2.23 bits per heavy atom. The first kappa shape index (κ1) is 23.2. The van der Waals surface area contributed by atoms with Gasteiger partial charge >= 0.3 is 6.03 Å². The minimum absolute atomic E-state index is 0.0126. The van der Waals surface area contributed by atoms with Crippen LogP contribution in [0.15, 0.2) is 67.3 Å². The zero-order chi connectivity index (χ0) is 22.5. The second-order valence-electron chi connectivity index (χ2n) is 6.54. The molecule has 0 aliphatic carbocycles. The van der Waals surface area contributed by atoms with Crippen molar-refractivity contribution in [3.8, 4) is 6.07 Å². The smallest absolute Gasteiger partial charge is 0.319 e. The molecule has 0 fully saturated rings. The number of hydrogen-bond donors (Lipinski definition) is 3. The molecule has 0 heterocycles. The molecule has 31 heavy (non-hydrogen) atoms. The summed E-state index contributed by atoms with van der Waals surface area (Å²) in [7, 11) is 0. The van der Waals surface area contributed by atoms with E-state index in [-0.39, 0.29) is 43.7 Å². The Bertz CT molecular complexity index is 936. The quantitative estimate of drug-likeness (QED) is 0.510. The molecule has 0 aromatic heterocycles. The van der Waals surface area contributed by atoms with Gasteiger partial charge in [-0.25, -0.2) is 4.79 Å². The minimum atomic E-state index is -0.352. The molecule has 4 amide bonds. The van der Waals surface area contributed by atoms with Crippen LogP contribution in [0.4, 0.5) is 21.9 Å². The number of anilines is 3. The number of benzene rings is 2. The van der Waals surface area contributed by atoms with Crippen molar-refractivity contribution in [3.05, 3.63) is 67.3 Å². The van der Waals surface area contributed by atoms with Crippen molar-refractivity contribution in [3.63, 3.8) is 0 Å². The highest BCUT2D eigenvalue weighted by atomic mass is 16.2. The standard InChI is InChI=1S/C23H25N5O3/c1-2-16-25-23(31)27-19-11-9-18(10-12-19)26-21(29)13-14-22(30)28(17-6-15-24)20-7-4-3-5-8-20/h2-5,7-12H,1,6,13-14,16-17H2,(H,26,29)(H2,25,27,31). The van der Waals surface area contributed by atoms with Gasteiger partial charge in [-0.2, -0.15) is 5.26 Å². The van der Waals surface area contributed by atoms with Crippen LogP contribution in [0.1, 0.15) is 19.3 Å². The molecule has 0 unspecified atom stereocenters. The number of nitriles is 1. The number of amides is 4. The molecule has 2 aromatic carbocycles. The van der Waals surface area contributed by atoms with Crippen LogP contribution in [0.5, 0.6) is 0 Å². The summed E-state index contributed by atoms with van der Waals surface area (Å²) in [6, 6.07) is 17.4. The van der Waals surface area contributed by atoms with Crippen LogP contribution < -0.4 is 20.9 Å². The van der Waals surface area contributed by atoms with Crippen molar-refractivity contribution >= 4 is 34.9 Å². The summed E-state index contributed by atoms with van der Waals surface area (Å²) in [4.78, 5) is 38.0. The van der Waals surface area contributed by atoms with Crippen LogP contribution in [0.3, 0.4) is 0 Å². The highest BCUT2D eigenvalue weighted by Crippen LogP contribution is 2.17. The largest absolute Gasteiger partial charge is 0.334 e. The van der Waals surface area contributed by atoms with Crippen LogP contribution in [0.25, 0.3) is 0 Å². The molecule has 0 atom stereocenters. The first-order valence-corrected chi connectivity index (χ1v) is 9.81. The van der Waals surface area contributed by atoms with Crippen molar-refractivity contribution in [2.24, 2.45) is 0 Å². The van der Waals surface area contributed by atoms with Gasteiger partial charge < -0.3 is 20.9 Å². The van der Waals surface area contributed by atoms with E-state index in [0.717, 1.165) is 0 Å². The molecule has 0 bridgehead atoms. The SMILES string of the molecule is C=CCNC(=O)Nc1ccc(NC(=O)CCC(=O)N(CCC#N)c2ccccc2)cc1. The van der Waals surface area contributed by atoms with E-state index in [1.165, 1.54) is 4.90 Å². The molecule has 160 valence electrons. The lowest BCUT2D eigenvalue weighted by Gasteiger charge is -2.21. The van der Waals surface area contributed by atoms with E-state index in [1.807, 2.05) is 24.3 Å². The van der Waals surface area contributed by atoms with Gasteiger partial charge in [0.1, 0.15) is 0 Å². The molecule has 0 radical (unpaired) electrons. The Labute approximate surface area is 181 Å². The lowest BCUT2D eigenvalue weighted by molar-refractivity contribution is -0.122. The van der Waals surface area contributed by atoms with Gasteiger partial charge in [-0.05, 0) is 36.4 Å². The Hall–Kier alpha value is -4.12. The average molecular weight is 419 g/mol. The maximum absolute atomic E-state index is 12.6. The Morgan fingerprint density at radius 2 is 1.61 bits per heavy atom. The summed E-state index contributed by atoms with van der Waals surface area (Å²) >= 11 is 0. The first-order chi connectivity index (χ1) is 15.0. The molecule has 0 saturated carbocycles. The van der Waals surface area contributed by atoms with Crippen LogP contribution in [0, 0.1) is 11.3 Å². The highest BCUT2D eigenvalue weighted by molar-refractivity contribution is 5.98. The van der Waals surface area contributed by atoms with Gasteiger partial charge in [0.25, 0.3) is 0 Å². The normalized spacial score (nSPS) is 9.77. The molecular formula is C23H25N5O3. The van der Waals surface area contributed by atoms with Gasteiger partial charge in [-0.3, -0.25) is 9.59 Å². The molecular weight excluding hydrogens is 394 g/mol. The lowest BCUT2D eigenvalue weighted by atomic mass is 10.2. The molecule has 8 heteroatoms. The summed E-state index contributed by atoms with van der Waals surface area (Å²) in [5.74, 6) is -0.521. The highest BCUT2D eigenvalue weighted by Gasteiger charge is 2.16. The van der Waals surface area contributed by atoms with E-state index in [1.54, 1.807) is 42.5 Å². The summed E-state index contributed by atoms with van der Waals surface area (Å²) in [5, 5.41) is 16.8. The molecule has 0 saturated heterocycles. The number of nitrogens with one attached hydrogen (secondary N) is 3. The number of nitrogens with zero attached hydrogens (tertiary/aromatic N) is 2. The fraction of sp³-hybridized carbons (Fsp3) is 0.217. The van der Waals surface area contributed by atoms with E-state index in [2.05, 4.69) is 22.5 Å². The molecule has 0 aliphatic rings. The maximum atomic E-state index is 12.6. The zero-order valence-corrected chi connectivity index (χ0v) is 17.1. The number of carbonyl (C=O) groups is 3. The topological polar surface area (TPSA) is 114 Å². The van der Waals surface area contributed by atoms with Gasteiger partial charge in [0.2, 0.25) is 11.8 Å². The van der Waals surface area contributed by atoms with Crippen LogP contribution in [0.2, 0.25) is 0 Å². The third-order valence-electron chi connectivity index (χ3n) is 4.22. The Morgan fingerprint density at radius 1 is 0.968 bits per heavy atom. The maximum Gasteiger partial charge on any atom is 0.319 e. The molecule has 3 N–H and O–H groups in total. The van der Waals surface area contributed by atoms with Crippen molar-refractivity contribution < 1.29 is 14.4 Å². The summed E-state index contributed by atoms with van der Waals surface area (Å²) < 4.78 is 0. The van der Waals surface area contributed by atoms with Gasteiger partial charge in [-0.15, -0.1) is 6.58 Å². The number of carbonyl (C=O) groups excluding carboxylic acids is 3. The van der Waals surface area contributed by atoms with Crippen molar-refractivity contribution in [1.29, 1.82) is 5.26 Å². The predicted octanol–water partition coefficient (Wildman–Crippen LogP) is 3.66. The molecule has 8 nitrogen and oxygen atoms in total. The fourth-order valence-corrected chi connectivity index (χ4v) is 2.72. The van der Waals surface area contributed by atoms with Gasteiger partial charge in [0.15, 0.2) is 0 Å². The second-order valence-corrected chi connectivity index (χ2v) is 6.54. The van der Waals surface area contributed by atoms with Crippen LogP contribution in [-0.2, 0) is 9.59 Å². The number of hydrogen-bond acceptors (Lipinski definition) is 4. The zero-order valence-electron chi connectivity index (χ0n) is 17.1. The minimum Gasteiger partial charge on any atom is -0.334 e. The predicted molar refractivity (Wildman–Crippen MR) is 121 cm³/mol. The Kier molecular flexibility index (Phi) is 9.30. The van der Waals surface area contributed by atoms with Gasteiger partial charge in [0.05, 0.1) is 12.5 Å². The molecule has 0 aliphatic heterocycles. The Balaban J connectivity index is 1.86. The average Bonchev–Trinajstić information content (AvgIpc) is 2.78. The van der Waals surface area contributed by atoms with Crippen molar-refractivity contribution in [2.45, 2.75) is 19.3 Å². The van der Waals surface area contributed by atoms with Crippen molar-refractivity contribution in [1.82, 2.24) is 5.32 Å². The van der Waals surface area contributed by atoms with E-state index in [0.29, 0.717) is 23.6 Å². The number of urea groups is 1. The number of para-hydroxylation sites is 1. The van der Waals surface area contributed by atoms with Crippen molar-refractivity contribution in [2.75, 3.05) is 28.6 Å². The lowest BCUT2D eigenvalue weighted by Crippen LogP contribution is -2.32. The molecule has 0 spiro atoms. The monoisotopic (exact) mass is 419 g/mol. The van der Waals surface area contributed by atoms with Crippen LogP contribution >= 0.6 is 0 Å². The summed E-state index contributed by atoms with van der Waals surface area (Å²) in [5.41, 5.74) is 1.83. The van der Waals surface area contributed by atoms with E-state index in [9.17, 15) is 14.4 Å². The van der Waals surface area contributed by atoms with Crippen LogP contribution in [-0.4, -0.2) is 30.9 Å².